The maximum absolute atomic E-state index is 12.9. The fraction of sp³-hybridized carbons (Fsp3) is 0.211. The van der Waals surface area contributed by atoms with E-state index in [9.17, 15) is 17.6 Å². The summed E-state index contributed by atoms with van der Waals surface area (Å²) in [6.45, 7) is 3.83. The molecule has 136 valence electrons. The second kappa shape index (κ2) is 7.01. The lowest BCUT2D eigenvalue weighted by atomic mass is 10.1. The fourth-order valence-corrected chi connectivity index (χ4v) is 3.80. The summed E-state index contributed by atoms with van der Waals surface area (Å²) in [6, 6.07) is 10.8. The van der Waals surface area contributed by atoms with Gasteiger partial charge in [-0.3, -0.25) is 4.79 Å². The van der Waals surface area contributed by atoms with Crippen LogP contribution in [-0.2, 0) is 22.3 Å². The van der Waals surface area contributed by atoms with Crippen LogP contribution in [0.5, 0.6) is 0 Å². The van der Waals surface area contributed by atoms with E-state index >= 15 is 0 Å². The molecule has 0 aliphatic rings. The number of hydrogen-bond acceptors (Lipinski definition) is 3. The van der Waals surface area contributed by atoms with E-state index in [1.165, 1.54) is 24.3 Å². The topological polar surface area (TPSA) is 79.0 Å². The monoisotopic (exact) mass is 374 g/mol. The molecule has 3 aromatic rings. The van der Waals surface area contributed by atoms with E-state index in [-0.39, 0.29) is 17.9 Å². The maximum atomic E-state index is 12.9. The molecule has 0 unspecified atom stereocenters. The summed E-state index contributed by atoms with van der Waals surface area (Å²) in [6.07, 6.45) is 0. The first kappa shape index (κ1) is 18.3. The van der Waals surface area contributed by atoms with Crippen molar-refractivity contribution in [2.75, 3.05) is 0 Å². The lowest BCUT2D eigenvalue weighted by Gasteiger charge is -2.09. The molecule has 2 N–H and O–H groups in total. The highest BCUT2D eigenvalue weighted by Gasteiger charge is 2.13. The molecule has 0 saturated carbocycles. The third-order valence-corrected chi connectivity index (χ3v) is 5.59. The highest BCUT2D eigenvalue weighted by molar-refractivity contribution is 7.88. The number of sulfonamides is 1. The number of fused-ring (bicyclic) bond motifs is 1. The zero-order valence-electron chi connectivity index (χ0n) is 14.5. The summed E-state index contributed by atoms with van der Waals surface area (Å²) < 4.78 is 39.8. The molecule has 26 heavy (non-hydrogen) atoms. The van der Waals surface area contributed by atoms with Gasteiger partial charge < -0.3 is 4.98 Å². The van der Waals surface area contributed by atoms with E-state index in [4.69, 9.17) is 0 Å². The predicted molar refractivity (Wildman–Crippen MR) is 99.9 cm³/mol. The number of benzene rings is 2. The molecular weight excluding hydrogens is 355 g/mol. The average molecular weight is 374 g/mol. The van der Waals surface area contributed by atoms with Crippen LogP contribution in [0.2, 0.25) is 0 Å². The Kier molecular flexibility index (Phi) is 4.93. The summed E-state index contributed by atoms with van der Waals surface area (Å²) in [5, 5.41) is 0.848. The first-order valence-electron chi connectivity index (χ1n) is 8.08. The lowest BCUT2D eigenvalue weighted by Crippen LogP contribution is -2.28. The van der Waals surface area contributed by atoms with Crippen LogP contribution in [0.15, 0.2) is 47.3 Å². The van der Waals surface area contributed by atoms with Crippen molar-refractivity contribution >= 4 is 20.9 Å². The van der Waals surface area contributed by atoms with Crippen LogP contribution in [0.1, 0.15) is 22.3 Å². The Morgan fingerprint density at radius 3 is 2.38 bits per heavy atom. The summed E-state index contributed by atoms with van der Waals surface area (Å²) in [7, 11) is -3.66. The Hall–Kier alpha value is -2.51. The van der Waals surface area contributed by atoms with E-state index < -0.39 is 15.8 Å². The van der Waals surface area contributed by atoms with Crippen molar-refractivity contribution in [1.29, 1.82) is 0 Å². The Morgan fingerprint density at radius 2 is 1.69 bits per heavy atom. The van der Waals surface area contributed by atoms with Gasteiger partial charge in [-0.1, -0.05) is 12.1 Å². The van der Waals surface area contributed by atoms with Gasteiger partial charge in [-0.2, -0.15) is 0 Å². The van der Waals surface area contributed by atoms with Crippen molar-refractivity contribution in [2.45, 2.75) is 26.1 Å². The number of rotatable bonds is 5. The lowest BCUT2D eigenvalue weighted by molar-refractivity contribution is 0.580. The molecular formula is C19H19FN2O3S. The Balaban J connectivity index is 1.80. The number of aryl methyl sites for hydroxylation is 2. The van der Waals surface area contributed by atoms with Crippen LogP contribution < -0.4 is 10.3 Å². The zero-order chi connectivity index (χ0) is 18.9. The Labute approximate surface area is 150 Å². The van der Waals surface area contributed by atoms with Gasteiger partial charge in [0.25, 0.3) is 5.56 Å². The minimum Gasteiger partial charge on any atom is -0.322 e. The second-order valence-corrected chi connectivity index (χ2v) is 8.16. The van der Waals surface area contributed by atoms with Crippen LogP contribution in [0.4, 0.5) is 4.39 Å². The molecule has 0 fully saturated rings. The van der Waals surface area contributed by atoms with E-state index in [0.717, 1.165) is 22.0 Å². The standard InChI is InChI=1S/C19H19FN2O3S/c1-12-7-15-9-16(19(23)22-18(15)8-13(12)2)10-21-26(24,25)11-14-3-5-17(20)6-4-14/h3-9,21H,10-11H2,1-2H3,(H,22,23). The molecule has 0 aliphatic carbocycles. The maximum Gasteiger partial charge on any atom is 0.252 e. The Bertz CT molecular complexity index is 1120. The number of aromatic nitrogens is 1. The van der Waals surface area contributed by atoms with Crippen LogP contribution >= 0.6 is 0 Å². The molecule has 1 heterocycles. The summed E-state index contributed by atoms with van der Waals surface area (Å²) in [5.74, 6) is -0.704. The van der Waals surface area contributed by atoms with Gasteiger partial charge in [0.05, 0.1) is 5.75 Å². The van der Waals surface area contributed by atoms with Crippen LogP contribution in [-0.4, -0.2) is 13.4 Å². The first-order chi connectivity index (χ1) is 12.2. The molecule has 0 amide bonds. The SMILES string of the molecule is Cc1cc2cc(CNS(=O)(=O)Cc3ccc(F)cc3)c(=O)[nH]c2cc1C. The van der Waals surface area contributed by atoms with Crippen molar-refractivity contribution in [3.05, 3.63) is 80.9 Å². The molecule has 0 bridgehead atoms. The molecule has 3 rings (SSSR count). The molecule has 0 aliphatic heterocycles. The quantitative estimate of drug-likeness (QED) is 0.721. The molecule has 5 nitrogen and oxygen atoms in total. The molecule has 1 aromatic heterocycles. The largest absolute Gasteiger partial charge is 0.322 e. The molecule has 0 atom stereocenters. The van der Waals surface area contributed by atoms with Gasteiger partial charge in [-0.05, 0) is 66.3 Å². The average Bonchev–Trinajstić information content (AvgIpc) is 2.57. The normalized spacial score (nSPS) is 11.8. The van der Waals surface area contributed by atoms with Crippen molar-refractivity contribution < 1.29 is 12.8 Å². The number of halogens is 1. The van der Waals surface area contributed by atoms with Gasteiger partial charge in [-0.25, -0.2) is 17.5 Å². The predicted octanol–water partition coefficient (Wildman–Crippen LogP) is 2.90. The minimum atomic E-state index is -3.66. The molecule has 0 saturated heterocycles. The van der Waals surface area contributed by atoms with Crippen molar-refractivity contribution in [3.63, 3.8) is 0 Å². The summed E-state index contributed by atoms with van der Waals surface area (Å²) >= 11 is 0. The molecule has 0 spiro atoms. The van der Waals surface area contributed by atoms with Gasteiger partial charge >= 0.3 is 0 Å². The van der Waals surface area contributed by atoms with Gasteiger partial charge in [0, 0.05) is 17.6 Å². The van der Waals surface area contributed by atoms with Gasteiger partial charge in [0.15, 0.2) is 0 Å². The second-order valence-electron chi connectivity index (χ2n) is 6.35. The van der Waals surface area contributed by atoms with E-state index in [2.05, 4.69) is 9.71 Å². The van der Waals surface area contributed by atoms with Gasteiger partial charge in [0.1, 0.15) is 5.82 Å². The fourth-order valence-electron chi connectivity index (χ4n) is 2.69. The number of hydrogen-bond donors (Lipinski definition) is 2. The van der Waals surface area contributed by atoms with Crippen LogP contribution in [0, 0.1) is 19.7 Å². The third-order valence-electron chi connectivity index (χ3n) is 4.29. The van der Waals surface area contributed by atoms with Crippen molar-refractivity contribution in [1.82, 2.24) is 9.71 Å². The molecule has 2 aromatic carbocycles. The zero-order valence-corrected chi connectivity index (χ0v) is 15.3. The highest BCUT2D eigenvalue weighted by Crippen LogP contribution is 2.17. The van der Waals surface area contributed by atoms with Crippen molar-refractivity contribution in [2.24, 2.45) is 0 Å². The number of H-pyrrole nitrogens is 1. The van der Waals surface area contributed by atoms with Crippen LogP contribution in [0.25, 0.3) is 10.9 Å². The van der Waals surface area contributed by atoms with E-state index in [1.807, 2.05) is 26.0 Å². The molecule has 0 radical (unpaired) electrons. The van der Waals surface area contributed by atoms with Gasteiger partial charge in [-0.15, -0.1) is 0 Å². The summed E-state index contributed by atoms with van der Waals surface area (Å²) in [5.41, 5.74) is 3.36. The molecule has 7 heteroatoms. The smallest absolute Gasteiger partial charge is 0.252 e. The highest BCUT2D eigenvalue weighted by atomic mass is 32.2. The van der Waals surface area contributed by atoms with Gasteiger partial charge in [0.2, 0.25) is 10.0 Å². The summed E-state index contributed by atoms with van der Waals surface area (Å²) in [4.78, 5) is 15.0. The number of pyridine rings is 1. The first-order valence-corrected chi connectivity index (χ1v) is 9.74. The van der Waals surface area contributed by atoms with Crippen molar-refractivity contribution in [3.8, 4) is 0 Å². The minimum absolute atomic E-state index is 0.109. The van der Waals surface area contributed by atoms with Crippen LogP contribution in [0.3, 0.4) is 0 Å². The van der Waals surface area contributed by atoms with E-state index in [0.29, 0.717) is 11.1 Å². The third kappa shape index (κ3) is 4.17. The Morgan fingerprint density at radius 1 is 1.04 bits per heavy atom. The van der Waals surface area contributed by atoms with E-state index in [1.54, 1.807) is 6.07 Å². The number of nitrogens with one attached hydrogen (secondary N) is 2. The number of aromatic amines is 1.